The summed E-state index contributed by atoms with van der Waals surface area (Å²) >= 11 is 0. The van der Waals surface area contributed by atoms with E-state index in [2.05, 4.69) is 0 Å². The number of esters is 1. The first kappa shape index (κ1) is 20.5. The number of piperidine rings is 1. The smallest absolute Gasteiger partial charge is 0.329 e. The number of hydrogen-bond donors (Lipinski definition) is 0. The van der Waals surface area contributed by atoms with Crippen LogP contribution in [0.4, 0.5) is 0 Å². The van der Waals surface area contributed by atoms with Crippen LogP contribution in [0.3, 0.4) is 0 Å². The van der Waals surface area contributed by atoms with E-state index in [1.807, 2.05) is 30.3 Å². The van der Waals surface area contributed by atoms with Crippen LogP contribution in [0.25, 0.3) is 11.1 Å². The highest BCUT2D eigenvalue weighted by atomic mass is 32.2. The molecule has 1 fully saturated rings. The van der Waals surface area contributed by atoms with Crippen molar-refractivity contribution in [3.8, 4) is 11.1 Å². The van der Waals surface area contributed by atoms with Crippen molar-refractivity contribution >= 4 is 16.0 Å². The summed E-state index contributed by atoms with van der Waals surface area (Å²) in [5, 5.41) is 0. The van der Waals surface area contributed by atoms with E-state index in [1.165, 1.54) is 18.5 Å². The number of hydrogen-bond acceptors (Lipinski definition) is 5. The molecule has 0 aliphatic carbocycles. The van der Waals surface area contributed by atoms with Crippen molar-refractivity contribution in [2.75, 3.05) is 27.4 Å². The number of carbonyl (C=O) groups is 1. The number of ether oxygens (including phenoxy) is 2. The van der Waals surface area contributed by atoms with Gasteiger partial charge in [-0.2, -0.15) is 4.31 Å². The van der Waals surface area contributed by atoms with Crippen molar-refractivity contribution in [2.24, 2.45) is 0 Å². The number of carbonyl (C=O) groups excluding carboxylic acids is 1. The minimum absolute atomic E-state index is 0.0492. The molecule has 1 saturated heterocycles. The molecule has 1 atom stereocenters. The summed E-state index contributed by atoms with van der Waals surface area (Å²) in [7, 11) is -1.24. The maximum atomic E-state index is 13.8. The Morgan fingerprint density at radius 2 is 1.71 bits per heavy atom. The van der Waals surface area contributed by atoms with Crippen LogP contribution in [0.1, 0.15) is 19.3 Å². The molecule has 7 heteroatoms. The largest absolute Gasteiger partial charge is 0.468 e. The van der Waals surface area contributed by atoms with Gasteiger partial charge in [0.15, 0.2) is 5.54 Å². The van der Waals surface area contributed by atoms with Gasteiger partial charge < -0.3 is 9.47 Å². The Morgan fingerprint density at radius 1 is 1.04 bits per heavy atom. The molecule has 0 radical (unpaired) electrons. The number of sulfonamides is 1. The zero-order chi connectivity index (χ0) is 20.2. The average molecular weight is 404 g/mol. The van der Waals surface area contributed by atoms with E-state index in [0.29, 0.717) is 18.4 Å². The van der Waals surface area contributed by atoms with Gasteiger partial charge in [-0.25, -0.2) is 13.2 Å². The van der Waals surface area contributed by atoms with Gasteiger partial charge in [-0.3, -0.25) is 0 Å². The second-order valence-corrected chi connectivity index (χ2v) is 8.68. The Hall–Kier alpha value is -2.22. The molecule has 0 saturated carbocycles. The Morgan fingerprint density at radius 3 is 2.39 bits per heavy atom. The van der Waals surface area contributed by atoms with Crippen LogP contribution in [-0.4, -0.2) is 51.6 Å². The zero-order valence-electron chi connectivity index (χ0n) is 16.1. The molecule has 2 aromatic carbocycles. The van der Waals surface area contributed by atoms with Gasteiger partial charge in [-0.1, -0.05) is 48.5 Å². The highest BCUT2D eigenvalue weighted by Crippen LogP contribution is 2.37. The Kier molecular flexibility index (Phi) is 6.17. The number of benzene rings is 2. The highest BCUT2D eigenvalue weighted by molar-refractivity contribution is 7.89. The normalized spacial score (nSPS) is 20.6. The van der Waals surface area contributed by atoms with E-state index >= 15 is 0 Å². The maximum Gasteiger partial charge on any atom is 0.329 e. The molecule has 28 heavy (non-hydrogen) atoms. The molecular formula is C21H25NO5S. The summed E-state index contributed by atoms with van der Waals surface area (Å²) in [4.78, 5) is 12.9. The van der Waals surface area contributed by atoms with E-state index in [4.69, 9.17) is 9.47 Å². The van der Waals surface area contributed by atoms with Crippen molar-refractivity contribution < 1.29 is 22.7 Å². The van der Waals surface area contributed by atoms with Gasteiger partial charge in [0.05, 0.1) is 18.6 Å². The van der Waals surface area contributed by atoms with Gasteiger partial charge in [0.2, 0.25) is 10.0 Å². The first-order valence-electron chi connectivity index (χ1n) is 9.22. The average Bonchev–Trinajstić information content (AvgIpc) is 2.74. The number of methoxy groups -OCH3 is 2. The van der Waals surface area contributed by atoms with Crippen molar-refractivity contribution in [1.29, 1.82) is 0 Å². The number of rotatable bonds is 6. The van der Waals surface area contributed by atoms with Crippen LogP contribution in [-0.2, 0) is 24.3 Å². The second-order valence-electron chi connectivity index (χ2n) is 6.85. The van der Waals surface area contributed by atoms with E-state index in [0.717, 1.165) is 12.0 Å². The number of nitrogens with zero attached hydrogens (tertiary/aromatic N) is 1. The third-order valence-corrected chi connectivity index (χ3v) is 7.19. The third kappa shape index (κ3) is 3.57. The predicted octanol–water partition coefficient (Wildman–Crippen LogP) is 3.09. The van der Waals surface area contributed by atoms with Crippen LogP contribution in [0, 0.1) is 0 Å². The zero-order valence-corrected chi connectivity index (χ0v) is 16.9. The van der Waals surface area contributed by atoms with Gasteiger partial charge in [-0.15, -0.1) is 0 Å². The Bertz CT molecular complexity index is 925. The Labute approximate surface area is 166 Å². The molecule has 3 rings (SSSR count). The maximum absolute atomic E-state index is 13.8. The molecule has 0 N–H and O–H groups in total. The monoisotopic (exact) mass is 403 g/mol. The molecule has 0 aromatic heterocycles. The Balaban J connectivity index is 2.15. The molecule has 0 bridgehead atoms. The van der Waals surface area contributed by atoms with E-state index in [9.17, 15) is 13.2 Å². The van der Waals surface area contributed by atoms with Crippen LogP contribution in [0.15, 0.2) is 59.5 Å². The van der Waals surface area contributed by atoms with Crippen LogP contribution >= 0.6 is 0 Å². The quantitative estimate of drug-likeness (QED) is 0.693. The lowest BCUT2D eigenvalue weighted by Crippen LogP contribution is -2.62. The second kappa shape index (κ2) is 8.43. The van der Waals surface area contributed by atoms with E-state index in [-0.39, 0.29) is 18.0 Å². The fraction of sp³-hybridized carbons (Fsp3) is 0.381. The molecule has 6 nitrogen and oxygen atoms in total. The molecule has 1 unspecified atom stereocenters. The summed E-state index contributed by atoms with van der Waals surface area (Å²) in [6.45, 7) is 0.191. The first-order valence-corrected chi connectivity index (χ1v) is 10.7. The van der Waals surface area contributed by atoms with Gasteiger partial charge in [-0.05, 0) is 30.9 Å². The van der Waals surface area contributed by atoms with Crippen LogP contribution in [0.2, 0.25) is 0 Å². The van der Waals surface area contributed by atoms with Crippen LogP contribution < -0.4 is 0 Å². The third-order valence-electron chi connectivity index (χ3n) is 5.17. The first-order chi connectivity index (χ1) is 13.5. The van der Waals surface area contributed by atoms with Gasteiger partial charge in [0, 0.05) is 19.2 Å². The van der Waals surface area contributed by atoms with Gasteiger partial charge in [0.1, 0.15) is 0 Å². The predicted molar refractivity (Wildman–Crippen MR) is 106 cm³/mol. The topological polar surface area (TPSA) is 72.9 Å². The molecule has 0 amide bonds. The minimum atomic E-state index is -3.97. The molecule has 1 heterocycles. The van der Waals surface area contributed by atoms with Crippen molar-refractivity contribution in [2.45, 2.75) is 29.7 Å². The van der Waals surface area contributed by atoms with Gasteiger partial charge >= 0.3 is 5.97 Å². The fourth-order valence-electron chi connectivity index (χ4n) is 3.86. The molecule has 0 spiro atoms. The summed E-state index contributed by atoms with van der Waals surface area (Å²) in [6, 6.07) is 16.2. The van der Waals surface area contributed by atoms with Crippen molar-refractivity contribution in [3.05, 3.63) is 54.6 Å². The summed E-state index contributed by atoms with van der Waals surface area (Å²) in [5.41, 5.74) is 0.0450. The van der Waals surface area contributed by atoms with Gasteiger partial charge in [0.25, 0.3) is 0 Å². The minimum Gasteiger partial charge on any atom is -0.468 e. The van der Waals surface area contributed by atoms with Crippen LogP contribution in [0.5, 0.6) is 0 Å². The molecular weight excluding hydrogens is 378 g/mol. The summed E-state index contributed by atoms with van der Waals surface area (Å²) in [6.07, 6.45) is 1.76. The highest BCUT2D eigenvalue weighted by Gasteiger charge is 2.52. The molecule has 150 valence electrons. The lowest BCUT2D eigenvalue weighted by Gasteiger charge is -2.43. The standard InChI is InChI=1S/C21H25NO5S/c1-26-16-21(20(23)27-2)14-8-9-15-22(21)28(24,25)19-13-7-6-12-18(19)17-10-4-3-5-11-17/h3-7,10-13H,8-9,14-16H2,1-2H3. The molecule has 1 aliphatic heterocycles. The lowest BCUT2D eigenvalue weighted by molar-refractivity contribution is -0.157. The van der Waals surface area contributed by atoms with Crippen molar-refractivity contribution in [3.63, 3.8) is 0 Å². The SMILES string of the molecule is COCC1(C(=O)OC)CCCCN1S(=O)(=O)c1ccccc1-c1ccccc1. The lowest BCUT2D eigenvalue weighted by atomic mass is 9.89. The molecule has 2 aromatic rings. The summed E-state index contributed by atoms with van der Waals surface area (Å²) < 4.78 is 39.1. The fourth-order valence-corrected chi connectivity index (χ4v) is 5.86. The van der Waals surface area contributed by atoms with E-state index in [1.54, 1.807) is 24.3 Å². The van der Waals surface area contributed by atoms with E-state index < -0.39 is 21.5 Å². The summed E-state index contributed by atoms with van der Waals surface area (Å²) in [5.74, 6) is -0.588. The molecule has 1 aliphatic rings. The van der Waals surface area contributed by atoms with Crippen molar-refractivity contribution in [1.82, 2.24) is 4.31 Å².